The van der Waals surface area contributed by atoms with E-state index in [4.69, 9.17) is 9.47 Å². The number of nitrogens with one attached hydrogen (secondary N) is 1. The summed E-state index contributed by atoms with van der Waals surface area (Å²) < 4.78 is 11.0. The van der Waals surface area contributed by atoms with Crippen molar-refractivity contribution in [1.82, 2.24) is 5.43 Å². The Balaban J connectivity index is 1.86. The van der Waals surface area contributed by atoms with Gasteiger partial charge in [-0.3, -0.25) is 4.79 Å². The molecular weight excluding hydrogens is 304 g/mol. The molecule has 0 heterocycles. The third kappa shape index (κ3) is 5.28. The van der Waals surface area contributed by atoms with Crippen LogP contribution >= 0.6 is 0 Å². The molecule has 0 aromatic heterocycles. The van der Waals surface area contributed by atoms with E-state index in [-0.39, 0.29) is 12.5 Å². The van der Waals surface area contributed by atoms with Gasteiger partial charge in [-0.2, -0.15) is 5.10 Å². The van der Waals surface area contributed by atoms with Crippen molar-refractivity contribution < 1.29 is 14.3 Å². The molecule has 0 radical (unpaired) electrons. The summed E-state index contributed by atoms with van der Waals surface area (Å²) in [5, 5.41) is 3.93. The Kier molecular flexibility index (Phi) is 6.58. The maximum Gasteiger partial charge on any atom is 0.277 e. The Morgan fingerprint density at radius 2 is 1.83 bits per heavy atom. The zero-order valence-electron chi connectivity index (χ0n) is 13.6. The number of aryl methyl sites for hydroxylation is 1. The number of amides is 1. The van der Waals surface area contributed by atoms with Gasteiger partial charge in [0.2, 0.25) is 0 Å². The Bertz CT molecular complexity index is 726. The highest BCUT2D eigenvalue weighted by Crippen LogP contribution is 2.16. The van der Waals surface area contributed by atoms with E-state index < -0.39 is 0 Å². The second kappa shape index (κ2) is 9.15. The Morgan fingerprint density at radius 3 is 2.58 bits per heavy atom. The smallest absolute Gasteiger partial charge is 0.277 e. The molecule has 2 rings (SSSR count). The van der Waals surface area contributed by atoms with Gasteiger partial charge < -0.3 is 9.47 Å². The molecule has 0 fully saturated rings. The van der Waals surface area contributed by atoms with Crippen LogP contribution in [0.4, 0.5) is 0 Å². The van der Waals surface area contributed by atoms with Gasteiger partial charge in [0, 0.05) is 5.56 Å². The number of carbonyl (C=O) groups excluding carboxylic acids is 1. The fourth-order valence-electron chi connectivity index (χ4n) is 1.94. The van der Waals surface area contributed by atoms with Crippen molar-refractivity contribution in [1.29, 1.82) is 0 Å². The summed E-state index contributed by atoms with van der Waals surface area (Å²) in [6.45, 7) is 5.84. The van der Waals surface area contributed by atoms with Crippen molar-refractivity contribution in [2.45, 2.75) is 6.92 Å². The van der Waals surface area contributed by atoms with Crippen molar-refractivity contribution in [3.63, 3.8) is 0 Å². The highest BCUT2D eigenvalue weighted by Gasteiger charge is 2.04. The molecule has 0 aliphatic heterocycles. The first-order valence-electron chi connectivity index (χ1n) is 7.53. The van der Waals surface area contributed by atoms with Gasteiger partial charge in [0.25, 0.3) is 5.91 Å². The highest BCUT2D eigenvalue weighted by molar-refractivity contribution is 5.85. The van der Waals surface area contributed by atoms with Crippen molar-refractivity contribution in [3.8, 4) is 11.5 Å². The summed E-state index contributed by atoms with van der Waals surface area (Å²) in [6.07, 6.45) is 3.20. The van der Waals surface area contributed by atoms with Gasteiger partial charge in [-0.1, -0.05) is 43.0 Å². The second-order valence-electron chi connectivity index (χ2n) is 4.98. The monoisotopic (exact) mass is 324 g/mol. The summed E-state index contributed by atoms with van der Waals surface area (Å²) in [7, 11) is 0. The lowest BCUT2D eigenvalue weighted by atomic mass is 10.2. The van der Waals surface area contributed by atoms with Crippen LogP contribution in [0.5, 0.6) is 11.5 Å². The number of carbonyl (C=O) groups is 1. The molecule has 24 heavy (non-hydrogen) atoms. The summed E-state index contributed by atoms with van der Waals surface area (Å²) in [5.74, 6) is 1.02. The molecule has 0 atom stereocenters. The van der Waals surface area contributed by atoms with Crippen LogP contribution in [-0.4, -0.2) is 25.3 Å². The molecule has 0 saturated heterocycles. The van der Waals surface area contributed by atoms with Crippen LogP contribution in [0.25, 0.3) is 0 Å². The minimum Gasteiger partial charge on any atom is -0.489 e. The van der Waals surface area contributed by atoms with E-state index in [1.54, 1.807) is 6.08 Å². The third-order valence-corrected chi connectivity index (χ3v) is 3.12. The summed E-state index contributed by atoms with van der Waals surface area (Å²) in [6, 6.07) is 14.9. The first kappa shape index (κ1) is 17.3. The molecule has 0 unspecified atom stereocenters. The van der Waals surface area contributed by atoms with Crippen LogP contribution in [-0.2, 0) is 4.79 Å². The third-order valence-electron chi connectivity index (χ3n) is 3.12. The van der Waals surface area contributed by atoms with Crippen molar-refractivity contribution in [2.24, 2.45) is 5.10 Å². The van der Waals surface area contributed by atoms with Crippen LogP contribution in [0, 0.1) is 6.92 Å². The van der Waals surface area contributed by atoms with Gasteiger partial charge in [0.05, 0.1) is 6.21 Å². The minimum absolute atomic E-state index is 0.100. The zero-order valence-corrected chi connectivity index (χ0v) is 13.6. The average Bonchev–Trinajstić information content (AvgIpc) is 2.60. The zero-order chi connectivity index (χ0) is 17.2. The van der Waals surface area contributed by atoms with Crippen LogP contribution in [0.15, 0.2) is 66.3 Å². The molecule has 2 aromatic rings. The number of benzene rings is 2. The van der Waals surface area contributed by atoms with Gasteiger partial charge in [-0.15, -0.1) is 0 Å². The van der Waals surface area contributed by atoms with Crippen LogP contribution in [0.2, 0.25) is 0 Å². The van der Waals surface area contributed by atoms with Gasteiger partial charge in [0.15, 0.2) is 6.61 Å². The number of ether oxygens (including phenoxy) is 2. The minimum atomic E-state index is -0.334. The SMILES string of the molecule is C=CCOc1ccccc1/C=N/NC(=O)COc1ccccc1C. The van der Waals surface area contributed by atoms with Gasteiger partial charge >= 0.3 is 0 Å². The fourth-order valence-corrected chi connectivity index (χ4v) is 1.94. The van der Waals surface area contributed by atoms with Crippen molar-refractivity contribution in [2.75, 3.05) is 13.2 Å². The Labute approximate surface area is 141 Å². The molecule has 5 heteroatoms. The largest absolute Gasteiger partial charge is 0.489 e. The van der Waals surface area contributed by atoms with Crippen LogP contribution in [0.3, 0.4) is 0 Å². The van der Waals surface area contributed by atoms with E-state index in [2.05, 4.69) is 17.1 Å². The van der Waals surface area contributed by atoms with E-state index in [9.17, 15) is 4.79 Å². The lowest BCUT2D eigenvalue weighted by Gasteiger charge is -2.08. The number of hydrazone groups is 1. The average molecular weight is 324 g/mol. The molecule has 0 saturated carbocycles. The second-order valence-corrected chi connectivity index (χ2v) is 4.98. The number of hydrogen-bond donors (Lipinski definition) is 1. The summed E-state index contributed by atoms with van der Waals surface area (Å²) in [5.41, 5.74) is 4.17. The molecule has 0 aliphatic carbocycles. The summed E-state index contributed by atoms with van der Waals surface area (Å²) >= 11 is 0. The molecule has 124 valence electrons. The predicted molar refractivity (Wildman–Crippen MR) is 94.5 cm³/mol. The normalized spacial score (nSPS) is 10.4. The van der Waals surface area contributed by atoms with Gasteiger partial charge in [-0.05, 0) is 30.7 Å². The standard InChI is InChI=1S/C19H20N2O3/c1-3-12-23-18-11-7-5-9-16(18)13-20-21-19(22)14-24-17-10-6-4-8-15(17)2/h3-11,13H,1,12,14H2,2H3,(H,21,22)/b20-13+. The number of rotatable bonds is 8. The lowest BCUT2D eigenvalue weighted by Crippen LogP contribution is -2.24. The molecule has 1 amide bonds. The topological polar surface area (TPSA) is 59.9 Å². The number of hydrogen-bond acceptors (Lipinski definition) is 4. The number of para-hydroxylation sites is 2. The molecule has 0 aliphatic rings. The van der Waals surface area contributed by atoms with E-state index in [1.807, 2.05) is 55.5 Å². The molecular formula is C19H20N2O3. The van der Waals surface area contributed by atoms with E-state index in [0.29, 0.717) is 18.1 Å². The van der Waals surface area contributed by atoms with Crippen LogP contribution < -0.4 is 14.9 Å². The van der Waals surface area contributed by atoms with Crippen LogP contribution in [0.1, 0.15) is 11.1 Å². The van der Waals surface area contributed by atoms with Gasteiger partial charge in [0.1, 0.15) is 18.1 Å². The quantitative estimate of drug-likeness (QED) is 0.461. The Morgan fingerprint density at radius 1 is 1.12 bits per heavy atom. The van der Waals surface area contributed by atoms with E-state index in [1.165, 1.54) is 6.21 Å². The highest BCUT2D eigenvalue weighted by atomic mass is 16.5. The summed E-state index contributed by atoms with van der Waals surface area (Å²) in [4.78, 5) is 11.8. The lowest BCUT2D eigenvalue weighted by molar-refractivity contribution is -0.123. The molecule has 5 nitrogen and oxygen atoms in total. The maximum atomic E-state index is 11.8. The number of nitrogens with zero attached hydrogens (tertiary/aromatic N) is 1. The van der Waals surface area contributed by atoms with Crippen molar-refractivity contribution in [3.05, 3.63) is 72.3 Å². The molecule has 0 bridgehead atoms. The first-order chi connectivity index (χ1) is 11.7. The first-order valence-corrected chi connectivity index (χ1v) is 7.53. The fraction of sp³-hybridized carbons (Fsp3) is 0.158. The van der Waals surface area contributed by atoms with Gasteiger partial charge in [-0.25, -0.2) is 5.43 Å². The molecule has 0 spiro atoms. The molecule has 2 aromatic carbocycles. The Hall–Kier alpha value is -3.08. The molecule has 1 N–H and O–H groups in total. The van der Waals surface area contributed by atoms with E-state index in [0.717, 1.165) is 11.1 Å². The van der Waals surface area contributed by atoms with Crippen molar-refractivity contribution >= 4 is 12.1 Å². The maximum absolute atomic E-state index is 11.8. The van der Waals surface area contributed by atoms with E-state index >= 15 is 0 Å². The predicted octanol–water partition coefficient (Wildman–Crippen LogP) is 3.09.